The lowest BCUT2D eigenvalue weighted by atomic mass is 10.1. The maximum absolute atomic E-state index is 14.4. The van der Waals surface area contributed by atoms with Crippen LogP contribution in [0.2, 0.25) is 0 Å². The molecule has 3 heterocycles. The number of para-hydroxylation sites is 1. The van der Waals surface area contributed by atoms with Gasteiger partial charge in [-0.3, -0.25) is 4.79 Å². The van der Waals surface area contributed by atoms with Crippen LogP contribution < -0.4 is 17.0 Å². The van der Waals surface area contributed by atoms with Crippen LogP contribution in [0.15, 0.2) is 65.5 Å². The molecule has 0 saturated carbocycles. The molecule has 3 aromatic heterocycles. The summed E-state index contributed by atoms with van der Waals surface area (Å²) in [6.45, 7) is 0. The van der Waals surface area contributed by atoms with Gasteiger partial charge in [-0.25, -0.2) is 17.6 Å². The Hall–Kier alpha value is -5.26. The van der Waals surface area contributed by atoms with Crippen LogP contribution in [0.5, 0.6) is 0 Å². The standard InChI is InChI=1S/C27H17F4N7O/c28-13-5-8-21-15(10-13)20(11-14-17(29)6-7-18(30)23(14)31)37-38(21)27-35-24(32)22(25(33)36-27)16-9-12-3-1-2-4-19(12)34-26(16)39/h1-10H,11H2,(H,34,39)(H4,32,33,35,36). The first-order chi connectivity index (χ1) is 18.7. The van der Waals surface area contributed by atoms with Crippen LogP contribution in [0.3, 0.4) is 0 Å². The van der Waals surface area contributed by atoms with Gasteiger partial charge >= 0.3 is 0 Å². The summed E-state index contributed by atoms with van der Waals surface area (Å²) in [6, 6.07) is 13.9. The number of benzene rings is 3. The summed E-state index contributed by atoms with van der Waals surface area (Å²) in [5, 5.41) is 5.26. The van der Waals surface area contributed by atoms with Crippen LogP contribution in [-0.2, 0) is 6.42 Å². The molecule has 0 unspecified atom stereocenters. The number of hydrogen-bond acceptors (Lipinski definition) is 6. The Balaban J connectivity index is 1.50. The van der Waals surface area contributed by atoms with E-state index in [2.05, 4.69) is 20.1 Å². The van der Waals surface area contributed by atoms with Gasteiger partial charge in [0.1, 0.15) is 23.3 Å². The Labute approximate surface area is 216 Å². The smallest absolute Gasteiger partial charge is 0.256 e. The molecule has 0 atom stereocenters. The van der Waals surface area contributed by atoms with E-state index in [0.717, 1.165) is 23.6 Å². The molecule has 0 bridgehead atoms. The van der Waals surface area contributed by atoms with Crippen LogP contribution in [0, 0.1) is 23.3 Å². The Bertz CT molecular complexity index is 1980. The van der Waals surface area contributed by atoms with Crippen molar-refractivity contribution >= 4 is 33.4 Å². The lowest BCUT2D eigenvalue weighted by molar-refractivity contribution is 0.482. The van der Waals surface area contributed by atoms with Gasteiger partial charge in [0.05, 0.1) is 22.3 Å². The molecular weight excluding hydrogens is 514 g/mol. The molecule has 6 rings (SSSR count). The number of nitrogen functional groups attached to an aromatic ring is 2. The summed E-state index contributed by atoms with van der Waals surface area (Å²) in [5.41, 5.74) is 12.6. The maximum Gasteiger partial charge on any atom is 0.256 e. The number of fused-ring (bicyclic) bond motifs is 2. The Morgan fingerprint density at radius 3 is 2.36 bits per heavy atom. The number of aromatic nitrogens is 5. The predicted molar refractivity (Wildman–Crippen MR) is 138 cm³/mol. The summed E-state index contributed by atoms with van der Waals surface area (Å²) >= 11 is 0. The number of anilines is 2. The van der Waals surface area contributed by atoms with Crippen molar-refractivity contribution < 1.29 is 17.6 Å². The molecule has 39 heavy (non-hydrogen) atoms. The summed E-state index contributed by atoms with van der Waals surface area (Å²) in [5.74, 6) is -4.61. The van der Waals surface area contributed by atoms with E-state index in [-0.39, 0.29) is 45.3 Å². The van der Waals surface area contributed by atoms with Crippen molar-refractivity contribution in [1.82, 2.24) is 24.7 Å². The number of nitrogens with two attached hydrogens (primary N) is 2. The number of hydrogen-bond donors (Lipinski definition) is 3. The first-order valence-corrected chi connectivity index (χ1v) is 11.6. The number of halogens is 4. The molecule has 12 heteroatoms. The highest BCUT2D eigenvalue weighted by molar-refractivity contribution is 5.89. The van der Waals surface area contributed by atoms with Gasteiger partial charge in [0.15, 0.2) is 11.6 Å². The molecule has 0 aliphatic carbocycles. The zero-order valence-electron chi connectivity index (χ0n) is 19.8. The van der Waals surface area contributed by atoms with Gasteiger partial charge in [-0.2, -0.15) is 19.7 Å². The third-order valence-corrected chi connectivity index (χ3v) is 6.37. The lowest BCUT2D eigenvalue weighted by Gasteiger charge is -2.11. The first-order valence-electron chi connectivity index (χ1n) is 11.6. The van der Waals surface area contributed by atoms with Crippen LogP contribution in [0.4, 0.5) is 29.2 Å². The Morgan fingerprint density at radius 2 is 1.59 bits per heavy atom. The fraction of sp³-hybridized carbons (Fsp3) is 0.0370. The van der Waals surface area contributed by atoms with Crippen molar-refractivity contribution in [3.8, 4) is 17.1 Å². The molecule has 6 aromatic rings. The van der Waals surface area contributed by atoms with E-state index >= 15 is 0 Å². The summed E-state index contributed by atoms with van der Waals surface area (Å²) < 4.78 is 57.9. The molecule has 5 N–H and O–H groups in total. The van der Waals surface area contributed by atoms with Gasteiger partial charge in [0, 0.05) is 22.9 Å². The highest BCUT2D eigenvalue weighted by Crippen LogP contribution is 2.31. The molecule has 0 amide bonds. The van der Waals surface area contributed by atoms with Crippen LogP contribution >= 0.6 is 0 Å². The third kappa shape index (κ3) is 4.02. The molecule has 3 aromatic carbocycles. The number of pyridine rings is 1. The largest absolute Gasteiger partial charge is 0.383 e. The zero-order valence-corrected chi connectivity index (χ0v) is 19.8. The molecule has 0 saturated heterocycles. The minimum atomic E-state index is -1.37. The van der Waals surface area contributed by atoms with Crippen molar-refractivity contribution in [2.45, 2.75) is 6.42 Å². The fourth-order valence-corrected chi connectivity index (χ4v) is 4.52. The predicted octanol–water partition coefficient (Wildman–Crippen LogP) is 4.64. The van der Waals surface area contributed by atoms with E-state index < -0.39 is 40.8 Å². The van der Waals surface area contributed by atoms with Gasteiger partial charge in [0.25, 0.3) is 11.5 Å². The highest BCUT2D eigenvalue weighted by Gasteiger charge is 2.22. The van der Waals surface area contributed by atoms with E-state index in [1.165, 1.54) is 10.7 Å². The molecule has 194 valence electrons. The Kier molecular flexibility index (Phi) is 5.52. The summed E-state index contributed by atoms with van der Waals surface area (Å²) in [7, 11) is 0. The van der Waals surface area contributed by atoms with E-state index in [1.54, 1.807) is 24.3 Å². The van der Waals surface area contributed by atoms with Crippen molar-refractivity contribution in [2.75, 3.05) is 11.5 Å². The number of H-pyrrole nitrogens is 1. The quantitative estimate of drug-likeness (QED) is 0.225. The fourth-order valence-electron chi connectivity index (χ4n) is 4.52. The second-order valence-corrected chi connectivity index (χ2v) is 8.79. The first kappa shape index (κ1) is 24.1. The second-order valence-electron chi connectivity index (χ2n) is 8.79. The molecule has 0 spiro atoms. The lowest BCUT2D eigenvalue weighted by Crippen LogP contribution is -2.15. The average Bonchev–Trinajstić information content (AvgIpc) is 3.26. The maximum atomic E-state index is 14.4. The van der Waals surface area contributed by atoms with E-state index in [9.17, 15) is 22.4 Å². The van der Waals surface area contributed by atoms with Crippen LogP contribution in [0.1, 0.15) is 11.3 Å². The second kappa shape index (κ2) is 8.94. The molecule has 0 radical (unpaired) electrons. The highest BCUT2D eigenvalue weighted by atomic mass is 19.2. The zero-order chi connectivity index (χ0) is 27.4. The normalized spacial score (nSPS) is 11.5. The molecule has 0 aliphatic heterocycles. The van der Waals surface area contributed by atoms with Crippen LogP contribution in [-0.4, -0.2) is 24.7 Å². The number of nitrogens with one attached hydrogen (secondary N) is 1. The molecule has 8 nitrogen and oxygen atoms in total. The van der Waals surface area contributed by atoms with Gasteiger partial charge in [-0.15, -0.1) is 0 Å². The van der Waals surface area contributed by atoms with Crippen molar-refractivity contribution in [3.63, 3.8) is 0 Å². The van der Waals surface area contributed by atoms with E-state index in [1.807, 2.05) is 6.07 Å². The average molecular weight is 531 g/mol. The monoisotopic (exact) mass is 531 g/mol. The number of rotatable bonds is 4. The molecular formula is C27H17F4N7O. The van der Waals surface area contributed by atoms with Crippen LogP contribution in [0.25, 0.3) is 38.9 Å². The molecule has 0 fully saturated rings. The van der Waals surface area contributed by atoms with Crippen molar-refractivity contribution in [1.29, 1.82) is 0 Å². The van der Waals surface area contributed by atoms with E-state index in [4.69, 9.17) is 11.5 Å². The number of nitrogens with zero attached hydrogens (tertiary/aromatic N) is 4. The summed E-state index contributed by atoms with van der Waals surface area (Å²) in [4.78, 5) is 24.1. The van der Waals surface area contributed by atoms with Gasteiger partial charge < -0.3 is 16.5 Å². The van der Waals surface area contributed by atoms with Gasteiger partial charge in [-0.1, -0.05) is 18.2 Å². The van der Waals surface area contributed by atoms with Gasteiger partial charge in [0.2, 0.25) is 0 Å². The van der Waals surface area contributed by atoms with E-state index in [0.29, 0.717) is 11.6 Å². The summed E-state index contributed by atoms with van der Waals surface area (Å²) in [6.07, 6.45) is -0.488. The topological polar surface area (TPSA) is 128 Å². The number of aromatic amines is 1. The molecule has 0 aliphatic rings. The minimum absolute atomic E-state index is 0.0312. The van der Waals surface area contributed by atoms with Gasteiger partial charge in [-0.05, 0) is 47.9 Å². The SMILES string of the molecule is Nc1nc(-n2nc(Cc3c(F)ccc(F)c3F)c3cc(F)ccc32)nc(N)c1-c1cc2ccccc2[nH]c1=O. The third-order valence-electron chi connectivity index (χ3n) is 6.37. The minimum Gasteiger partial charge on any atom is -0.383 e. The Morgan fingerprint density at radius 1 is 0.872 bits per heavy atom. The van der Waals surface area contributed by atoms with Crippen molar-refractivity contribution in [3.05, 3.63) is 106 Å². The van der Waals surface area contributed by atoms with Crippen molar-refractivity contribution in [2.24, 2.45) is 0 Å².